The van der Waals surface area contributed by atoms with Gasteiger partial charge >= 0.3 is 21.3 Å². The maximum atomic E-state index is 13.1. The fraction of sp³-hybridized carbons (Fsp3) is 0.364. The van der Waals surface area contributed by atoms with E-state index >= 15 is 0 Å². The van der Waals surface area contributed by atoms with E-state index in [4.69, 9.17) is 9.66 Å². The topological polar surface area (TPSA) is 101 Å². The number of carbonyl (C=O) groups excluding carboxylic acids is 1. The summed E-state index contributed by atoms with van der Waals surface area (Å²) in [5.41, 5.74) is -0.00949. The Morgan fingerprint density at radius 2 is 1.81 bits per heavy atom. The largest absolute Gasteiger partial charge is 0.508 e. The molecule has 6 nitrogen and oxygen atoms in total. The Hall–Kier alpha value is -1.81. The summed E-state index contributed by atoms with van der Waals surface area (Å²) in [7, 11) is -5.89. The van der Waals surface area contributed by atoms with E-state index in [0.717, 1.165) is 0 Å². The van der Waals surface area contributed by atoms with Crippen LogP contribution >= 0.6 is 0 Å². The van der Waals surface area contributed by atoms with Crippen molar-refractivity contribution in [2.24, 2.45) is 0 Å². The molecule has 0 amide bonds. The van der Waals surface area contributed by atoms with Crippen molar-refractivity contribution in [1.29, 1.82) is 0 Å². The summed E-state index contributed by atoms with van der Waals surface area (Å²) in [5, 5.41) is 4.01. The van der Waals surface area contributed by atoms with E-state index in [1.165, 1.54) is 24.3 Å². The van der Waals surface area contributed by atoms with Gasteiger partial charge in [-0.25, -0.2) is 9.18 Å². The number of esters is 1. The molecule has 0 spiro atoms. The lowest BCUT2D eigenvalue weighted by Crippen LogP contribution is -2.39. The minimum Gasteiger partial charge on any atom is -0.508 e. The van der Waals surface area contributed by atoms with Crippen LogP contribution < -0.4 is 0 Å². The molecule has 0 aliphatic carbocycles. The van der Waals surface area contributed by atoms with Crippen LogP contribution in [0.3, 0.4) is 0 Å². The Bertz CT molecular complexity index is 599. The van der Waals surface area contributed by atoms with Crippen molar-refractivity contribution in [2.75, 3.05) is 6.61 Å². The molecule has 0 saturated heterocycles. The van der Waals surface area contributed by atoms with Gasteiger partial charge in [0.05, 0.1) is 12.2 Å². The molecule has 1 aromatic carbocycles. The number of hydrogen-bond acceptors (Lipinski definition) is 5. The van der Waals surface area contributed by atoms with Gasteiger partial charge < -0.3 is 9.84 Å². The van der Waals surface area contributed by atoms with Gasteiger partial charge in [-0.1, -0.05) is 0 Å². The maximum absolute atomic E-state index is 13.1. The zero-order valence-electron chi connectivity index (χ0n) is 10.4. The van der Waals surface area contributed by atoms with Crippen LogP contribution in [-0.2, 0) is 14.9 Å². The summed E-state index contributed by atoms with van der Waals surface area (Å²) < 4.78 is 72.0. The highest BCUT2D eigenvalue weighted by Crippen LogP contribution is 2.29. The number of phenols is 1. The molecule has 10 heteroatoms. The molecule has 0 aromatic heterocycles. The zero-order valence-corrected chi connectivity index (χ0v) is 11.2. The molecule has 1 rings (SSSR count). The van der Waals surface area contributed by atoms with Crippen LogP contribution in [0, 0.1) is 0 Å². The highest BCUT2D eigenvalue weighted by atomic mass is 32.2. The smallest absolute Gasteiger partial charge is 0.400 e. The van der Waals surface area contributed by atoms with Crippen molar-refractivity contribution in [3.05, 3.63) is 29.8 Å². The van der Waals surface area contributed by atoms with Crippen LogP contribution in [0.1, 0.15) is 16.8 Å². The average molecular weight is 328 g/mol. The van der Waals surface area contributed by atoms with Gasteiger partial charge in [0.2, 0.25) is 0 Å². The highest BCUT2D eigenvalue weighted by Gasteiger charge is 2.52. The minimum atomic E-state index is -5.89. The molecule has 0 heterocycles. The molecule has 0 radical (unpaired) electrons. The first-order valence-electron chi connectivity index (χ1n) is 5.51. The van der Waals surface area contributed by atoms with Gasteiger partial charge in [0.15, 0.2) is 6.17 Å². The van der Waals surface area contributed by atoms with Gasteiger partial charge in [0, 0.05) is 6.42 Å². The number of phenolic OH excluding ortho intramolecular Hbond substituents is 1. The number of alkyl halides is 3. The van der Waals surface area contributed by atoms with Crippen molar-refractivity contribution < 1.29 is 40.8 Å². The van der Waals surface area contributed by atoms with E-state index < -0.39 is 40.5 Å². The van der Waals surface area contributed by atoms with Crippen molar-refractivity contribution >= 4 is 16.1 Å². The molecular formula is C11H11F3O6S. The molecule has 21 heavy (non-hydrogen) atoms. The van der Waals surface area contributed by atoms with E-state index in [9.17, 15) is 26.4 Å². The van der Waals surface area contributed by atoms with Crippen LogP contribution in [0.15, 0.2) is 24.3 Å². The van der Waals surface area contributed by atoms with Gasteiger partial charge in [-0.3, -0.25) is 4.55 Å². The minimum absolute atomic E-state index is 0.00949. The van der Waals surface area contributed by atoms with Gasteiger partial charge in [-0.2, -0.15) is 17.2 Å². The molecule has 0 saturated carbocycles. The summed E-state index contributed by atoms with van der Waals surface area (Å²) >= 11 is 0. The maximum Gasteiger partial charge on any atom is 0.400 e. The van der Waals surface area contributed by atoms with E-state index in [2.05, 4.69) is 4.74 Å². The molecule has 0 aliphatic heterocycles. The number of carbonyl (C=O) groups is 1. The van der Waals surface area contributed by atoms with E-state index in [1.807, 2.05) is 0 Å². The molecule has 1 aromatic rings. The Balaban J connectivity index is 2.54. The number of rotatable bonds is 6. The molecule has 118 valence electrons. The SMILES string of the molecule is O=C(OCCC(F)C(F)(F)S(=O)(=O)O)c1ccc(O)cc1. The van der Waals surface area contributed by atoms with E-state index in [0.29, 0.717) is 0 Å². The molecule has 0 aliphatic rings. The third-order valence-electron chi connectivity index (χ3n) is 2.42. The van der Waals surface area contributed by atoms with Crippen molar-refractivity contribution in [2.45, 2.75) is 17.8 Å². The summed E-state index contributed by atoms with van der Waals surface area (Å²) in [6.45, 7) is -0.814. The first kappa shape index (κ1) is 17.2. The first-order valence-corrected chi connectivity index (χ1v) is 6.95. The van der Waals surface area contributed by atoms with Gasteiger partial charge in [-0.05, 0) is 24.3 Å². The quantitative estimate of drug-likeness (QED) is 0.609. The highest BCUT2D eigenvalue weighted by molar-refractivity contribution is 7.86. The Morgan fingerprint density at radius 1 is 1.29 bits per heavy atom. The van der Waals surface area contributed by atoms with Crippen molar-refractivity contribution in [3.63, 3.8) is 0 Å². The number of ether oxygens (including phenoxy) is 1. The van der Waals surface area contributed by atoms with Crippen molar-refractivity contribution in [1.82, 2.24) is 0 Å². The predicted octanol–water partition coefficient (Wildman–Crippen LogP) is 1.76. The Morgan fingerprint density at radius 3 is 2.29 bits per heavy atom. The number of benzene rings is 1. The second kappa shape index (κ2) is 6.31. The monoisotopic (exact) mass is 328 g/mol. The zero-order chi connectivity index (χ0) is 16.3. The predicted molar refractivity (Wildman–Crippen MR) is 64.4 cm³/mol. The van der Waals surface area contributed by atoms with Crippen LogP contribution in [0.4, 0.5) is 13.2 Å². The Labute approximate surface area is 117 Å². The molecule has 2 N–H and O–H groups in total. The standard InChI is InChI=1S/C11H11F3O6S/c12-9(11(13,14)21(17,18)19)5-6-20-10(16)7-1-3-8(15)4-2-7/h1-4,9,15H,5-6H2,(H,17,18,19). The van der Waals surface area contributed by atoms with Gasteiger partial charge in [0.25, 0.3) is 0 Å². The van der Waals surface area contributed by atoms with Crippen LogP contribution in [0.2, 0.25) is 0 Å². The van der Waals surface area contributed by atoms with Crippen LogP contribution in [0.25, 0.3) is 0 Å². The first-order chi connectivity index (χ1) is 9.55. The lowest BCUT2D eigenvalue weighted by molar-refractivity contribution is -0.0163. The molecule has 0 bridgehead atoms. The second-order valence-electron chi connectivity index (χ2n) is 3.98. The number of halogens is 3. The van der Waals surface area contributed by atoms with Crippen LogP contribution in [-0.4, -0.2) is 42.1 Å². The lowest BCUT2D eigenvalue weighted by Gasteiger charge is -2.17. The third-order valence-corrected chi connectivity index (χ3v) is 3.36. The normalized spacial score (nSPS) is 13.7. The van der Waals surface area contributed by atoms with Gasteiger partial charge in [0.1, 0.15) is 5.75 Å². The fourth-order valence-electron chi connectivity index (χ4n) is 1.27. The summed E-state index contributed by atoms with van der Waals surface area (Å²) in [6.07, 6.45) is -4.34. The van der Waals surface area contributed by atoms with E-state index in [-0.39, 0.29) is 11.3 Å². The van der Waals surface area contributed by atoms with E-state index in [1.54, 1.807) is 0 Å². The average Bonchev–Trinajstić information content (AvgIpc) is 2.37. The van der Waals surface area contributed by atoms with Crippen LogP contribution in [0.5, 0.6) is 5.75 Å². The summed E-state index contributed by atoms with van der Waals surface area (Å²) in [6, 6.07) is 4.75. The summed E-state index contributed by atoms with van der Waals surface area (Å²) in [4.78, 5) is 11.4. The van der Waals surface area contributed by atoms with Gasteiger partial charge in [-0.15, -0.1) is 0 Å². The lowest BCUT2D eigenvalue weighted by atomic mass is 10.2. The second-order valence-corrected chi connectivity index (χ2v) is 5.47. The number of hydrogen-bond donors (Lipinski definition) is 2. The summed E-state index contributed by atoms with van der Waals surface area (Å²) in [5.74, 6) is -1.07. The molecule has 1 unspecified atom stereocenters. The third kappa shape index (κ3) is 4.33. The molecular weight excluding hydrogens is 317 g/mol. The fourth-order valence-corrected chi connectivity index (χ4v) is 1.71. The van der Waals surface area contributed by atoms with Crippen molar-refractivity contribution in [3.8, 4) is 5.75 Å². The number of aromatic hydroxyl groups is 1. The molecule has 0 fully saturated rings. The molecule has 1 atom stereocenters. The Kier molecular flexibility index (Phi) is 5.18.